The molecule has 0 radical (unpaired) electrons. The first-order valence-corrected chi connectivity index (χ1v) is 6.72. The lowest BCUT2D eigenvalue weighted by atomic mass is 9.89. The number of halogens is 1. The van der Waals surface area contributed by atoms with Crippen LogP contribution in [0, 0.1) is 5.41 Å². The Balaban J connectivity index is 1.52. The summed E-state index contributed by atoms with van der Waals surface area (Å²) in [5.41, 5.74) is 0.699. The molecule has 2 aliphatic rings. The molecule has 1 saturated carbocycles. The molecule has 3 nitrogen and oxygen atoms in total. The minimum atomic E-state index is 0.587. The fourth-order valence-corrected chi connectivity index (χ4v) is 2.83. The van der Waals surface area contributed by atoms with Crippen molar-refractivity contribution in [3.8, 4) is 0 Å². The highest BCUT2D eigenvalue weighted by Gasteiger charge is 2.45. The lowest BCUT2D eigenvalue weighted by Crippen LogP contribution is -2.43. The minimum Gasteiger partial charge on any atom is -0.369 e. The first-order chi connectivity index (χ1) is 8.26. The fraction of sp³-hybridized carbons (Fsp3) is 0.615. The van der Waals surface area contributed by atoms with Crippen LogP contribution in [0.2, 0.25) is 5.02 Å². The van der Waals surface area contributed by atoms with Gasteiger partial charge < -0.3 is 10.6 Å². The molecule has 1 aromatic heterocycles. The summed E-state index contributed by atoms with van der Waals surface area (Å²) in [6.07, 6.45) is 7.23. The van der Waals surface area contributed by atoms with Crippen molar-refractivity contribution in [2.45, 2.75) is 31.7 Å². The SMILES string of the molecule is Clc1ccc(NC[C@@H]2CC3(CCN2)CC3)nc1. The van der Waals surface area contributed by atoms with Crippen molar-refractivity contribution in [2.75, 3.05) is 18.4 Å². The molecule has 92 valence electrons. The lowest BCUT2D eigenvalue weighted by Gasteiger charge is -2.30. The maximum atomic E-state index is 5.80. The summed E-state index contributed by atoms with van der Waals surface area (Å²) in [6, 6.07) is 4.38. The normalized spacial score (nSPS) is 25.8. The second-order valence-corrected chi connectivity index (χ2v) is 5.78. The van der Waals surface area contributed by atoms with Crippen LogP contribution in [0.1, 0.15) is 25.7 Å². The third-order valence-electron chi connectivity index (χ3n) is 3.98. The van der Waals surface area contributed by atoms with Gasteiger partial charge in [-0.05, 0) is 49.8 Å². The predicted molar refractivity (Wildman–Crippen MR) is 70.4 cm³/mol. The summed E-state index contributed by atoms with van der Waals surface area (Å²) in [4.78, 5) is 4.24. The van der Waals surface area contributed by atoms with E-state index in [4.69, 9.17) is 11.6 Å². The van der Waals surface area contributed by atoms with E-state index in [2.05, 4.69) is 15.6 Å². The first kappa shape index (κ1) is 11.3. The number of nitrogens with zero attached hydrogens (tertiary/aromatic N) is 1. The molecular weight excluding hydrogens is 234 g/mol. The molecule has 2 heterocycles. The van der Waals surface area contributed by atoms with Crippen molar-refractivity contribution in [1.82, 2.24) is 10.3 Å². The number of aromatic nitrogens is 1. The average molecular weight is 252 g/mol. The average Bonchev–Trinajstić information content (AvgIpc) is 3.08. The van der Waals surface area contributed by atoms with Gasteiger partial charge in [-0.1, -0.05) is 11.6 Å². The fourth-order valence-electron chi connectivity index (χ4n) is 2.72. The van der Waals surface area contributed by atoms with Gasteiger partial charge in [-0.2, -0.15) is 0 Å². The van der Waals surface area contributed by atoms with Gasteiger partial charge in [-0.15, -0.1) is 0 Å². The highest BCUT2D eigenvalue weighted by Crippen LogP contribution is 2.53. The van der Waals surface area contributed by atoms with Gasteiger partial charge in [-0.25, -0.2) is 4.98 Å². The van der Waals surface area contributed by atoms with Gasteiger partial charge in [0.15, 0.2) is 0 Å². The van der Waals surface area contributed by atoms with E-state index < -0.39 is 0 Å². The topological polar surface area (TPSA) is 37.0 Å². The van der Waals surface area contributed by atoms with Crippen molar-refractivity contribution in [3.63, 3.8) is 0 Å². The van der Waals surface area contributed by atoms with E-state index in [1.54, 1.807) is 6.20 Å². The molecule has 1 aromatic rings. The third-order valence-corrected chi connectivity index (χ3v) is 4.21. The van der Waals surface area contributed by atoms with Gasteiger partial charge in [0.05, 0.1) is 5.02 Å². The molecule has 4 heteroatoms. The van der Waals surface area contributed by atoms with Crippen molar-refractivity contribution in [3.05, 3.63) is 23.4 Å². The van der Waals surface area contributed by atoms with Crippen LogP contribution >= 0.6 is 11.6 Å². The molecule has 2 fully saturated rings. The van der Waals surface area contributed by atoms with E-state index in [0.717, 1.165) is 12.4 Å². The van der Waals surface area contributed by atoms with Gasteiger partial charge in [0, 0.05) is 18.8 Å². The largest absolute Gasteiger partial charge is 0.369 e. The van der Waals surface area contributed by atoms with Crippen LogP contribution in [0.5, 0.6) is 0 Å². The Hall–Kier alpha value is -0.800. The van der Waals surface area contributed by atoms with Crippen molar-refractivity contribution < 1.29 is 0 Å². The summed E-state index contributed by atoms with van der Waals surface area (Å²) in [6.45, 7) is 2.12. The molecule has 0 unspecified atom stereocenters. The monoisotopic (exact) mass is 251 g/mol. The molecule has 1 saturated heterocycles. The predicted octanol–water partition coefficient (Wildman–Crippen LogP) is 2.68. The summed E-state index contributed by atoms with van der Waals surface area (Å²) in [5.74, 6) is 0.909. The standard InChI is InChI=1S/C13H18ClN3/c14-10-1-2-12(16-8-10)17-9-11-7-13(3-4-13)5-6-15-11/h1-2,8,11,15H,3-7,9H2,(H,16,17)/t11-/m0/s1. The summed E-state index contributed by atoms with van der Waals surface area (Å²) >= 11 is 5.80. The van der Waals surface area contributed by atoms with Crippen LogP contribution in [-0.4, -0.2) is 24.1 Å². The molecule has 1 aliphatic heterocycles. The molecule has 17 heavy (non-hydrogen) atoms. The number of nitrogens with one attached hydrogen (secondary N) is 2. The zero-order valence-electron chi connectivity index (χ0n) is 9.88. The van der Waals surface area contributed by atoms with E-state index in [1.807, 2.05) is 12.1 Å². The van der Waals surface area contributed by atoms with E-state index in [1.165, 1.54) is 32.2 Å². The molecule has 2 N–H and O–H groups in total. The van der Waals surface area contributed by atoms with Crippen molar-refractivity contribution in [1.29, 1.82) is 0 Å². The summed E-state index contributed by atoms with van der Waals surface area (Å²) < 4.78 is 0. The molecule has 1 spiro atoms. The molecule has 0 bridgehead atoms. The second kappa shape index (κ2) is 4.46. The van der Waals surface area contributed by atoms with Gasteiger partial charge >= 0.3 is 0 Å². The highest BCUT2D eigenvalue weighted by atomic mass is 35.5. The summed E-state index contributed by atoms with van der Waals surface area (Å²) in [5, 5.41) is 7.64. The Morgan fingerprint density at radius 1 is 1.41 bits per heavy atom. The first-order valence-electron chi connectivity index (χ1n) is 6.35. The van der Waals surface area contributed by atoms with Gasteiger partial charge in [0.25, 0.3) is 0 Å². The molecule has 3 rings (SSSR count). The number of pyridine rings is 1. The number of rotatable bonds is 3. The number of anilines is 1. The van der Waals surface area contributed by atoms with E-state index >= 15 is 0 Å². The van der Waals surface area contributed by atoms with Crippen LogP contribution in [0.4, 0.5) is 5.82 Å². The van der Waals surface area contributed by atoms with E-state index in [9.17, 15) is 0 Å². The van der Waals surface area contributed by atoms with Gasteiger partial charge in [-0.3, -0.25) is 0 Å². The van der Waals surface area contributed by atoms with Crippen LogP contribution in [0.15, 0.2) is 18.3 Å². The molecule has 1 atom stereocenters. The van der Waals surface area contributed by atoms with Crippen LogP contribution in [-0.2, 0) is 0 Å². The van der Waals surface area contributed by atoms with Crippen LogP contribution < -0.4 is 10.6 Å². The molecule has 1 aliphatic carbocycles. The third kappa shape index (κ3) is 2.72. The quantitative estimate of drug-likeness (QED) is 0.867. The molecule has 0 amide bonds. The minimum absolute atomic E-state index is 0.587. The maximum absolute atomic E-state index is 5.80. The smallest absolute Gasteiger partial charge is 0.126 e. The van der Waals surface area contributed by atoms with Crippen molar-refractivity contribution >= 4 is 17.4 Å². The zero-order chi connectivity index (χ0) is 11.7. The zero-order valence-corrected chi connectivity index (χ0v) is 10.6. The van der Waals surface area contributed by atoms with Gasteiger partial charge in [0.2, 0.25) is 0 Å². The van der Waals surface area contributed by atoms with Gasteiger partial charge in [0.1, 0.15) is 5.82 Å². The maximum Gasteiger partial charge on any atom is 0.126 e. The number of hydrogen-bond donors (Lipinski definition) is 2. The van der Waals surface area contributed by atoms with Crippen LogP contribution in [0.25, 0.3) is 0 Å². The summed E-state index contributed by atoms with van der Waals surface area (Å²) in [7, 11) is 0. The van der Waals surface area contributed by atoms with Crippen molar-refractivity contribution in [2.24, 2.45) is 5.41 Å². The number of piperidine rings is 1. The Bertz CT molecular complexity index is 386. The Morgan fingerprint density at radius 2 is 2.29 bits per heavy atom. The molecular formula is C13H18ClN3. The Morgan fingerprint density at radius 3 is 3.00 bits per heavy atom. The lowest BCUT2D eigenvalue weighted by molar-refractivity contribution is 0.290. The Labute approximate surface area is 107 Å². The second-order valence-electron chi connectivity index (χ2n) is 5.35. The van der Waals surface area contributed by atoms with E-state index in [0.29, 0.717) is 16.5 Å². The number of hydrogen-bond acceptors (Lipinski definition) is 3. The van der Waals surface area contributed by atoms with Crippen LogP contribution in [0.3, 0.4) is 0 Å². The molecule has 0 aromatic carbocycles. The van der Waals surface area contributed by atoms with E-state index in [-0.39, 0.29) is 0 Å². The highest BCUT2D eigenvalue weighted by molar-refractivity contribution is 6.30. The Kier molecular flexibility index (Phi) is 2.97.